The van der Waals surface area contributed by atoms with E-state index in [1.165, 1.54) is 23.8 Å². The average Bonchev–Trinajstić information content (AvgIpc) is 3.06. The Bertz CT molecular complexity index is 756. The number of carbonyl (C=O) groups excluding carboxylic acids is 1. The summed E-state index contributed by atoms with van der Waals surface area (Å²) in [6, 6.07) is 4.54. The van der Waals surface area contributed by atoms with E-state index in [1.807, 2.05) is 6.92 Å². The second kappa shape index (κ2) is 8.27. The zero-order chi connectivity index (χ0) is 19.3. The molecule has 0 radical (unpaired) electrons. The zero-order valence-corrected chi connectivity index (χ0v) is 14.5. The van der Waals surface area contributed by atoms with Crippen molar-refractivity contribution in [3.05, 3.63) is 47.8 Å². The van der Waals surface area contributed by atoms with E-state index in [4.69, 9.17) is 15.2 Å². The van der Waals surface area contributed by atoms with Crippen molar-refractivity contribution in [2.45, 2.75) is 32.0 Å². The molecule has 0 fully saturated rings. The molecule has 0 saturated heterocycles. The van der Waals surface area contributed by atoms with Crippen molar-refractivity contribution in [2.24, 2.45) is 5.73 Å². The minimum absolute atomic E-state index is 0.248. The molecule has 5 nitrogen and oxygen atoms in total. The quantitative estimate of drug-likeness (QED) is 0.810. The predicted molar refractivity (Wildman–Crippen MR) is 90.5 cm³/mol. The van der Waals surface area contributed by atoms with Crippen LogP contribution in [0.2, 0.25) is 0 Å². The molecule has 1 heterocycles. The summed E-state index contributed by atoms with van der Waals surface area (Å²) >= 11 is 0. The number of aromatic nitrogens is 1. The molecule has 0 saturated carbocycles. The number of hydrogen-bond acceptors (Lipinski definition) is 4. The largest absolute Gasteiger partial charge is 0.496 e. The van der Waals surface area contributed by atoms with Gasteiger partial charge in [-0.15, -0.1) is 0 Å². The maximum Gasteiger partial charge on any atom is 0.419 e. The number of methoxy groups -OCH3 is 1. The van der Waals surface area contributed by atoms with Gasteiger partial charge in [-0.25, -0.2) is 0 Å². The standard InChI is InChI=1S/C18H21F3N2O3/c1-3-26-13-8-9-23(11-13)17(24)15(22)7-5-12-4-6-14(18(19,20)21)16(10-12)25-2/h4,6,8-11,15H,3,5,7,22H2,1-2H3/t15-/m0/s1. The smallest absolute Gasteiger partial charge is 0.419 e. The maximum atomic E-state index is 12.9. The fraction of sp³-hybridized carbons (Fsp3) is 0.389. The van der Waals surface area contributed by atoms with E-state index in [-0.39, 0.29) is 18.1 Å². The van der Waals surface area contributed by atoms with Crippen LogP contribution in [0.1, 0.15) is 29.3 Å². The molecular formula is C18H21F3N2O3. The summed E-state index contributed by atoms with van der Waals surface area (Å²) in [5.41, 5.74) is 5.71. The van der Waals surface area contributed by atoms with E-state index in [1.54, 1.807) is 18.5 Å². The summed E-state index contributed by atoms with van der Waals surface area (Å²) in [5, 5.41) is 0. The number of aryl methyl sites for hydroxylation is 1. The summed E-state index contributed by atoms with van der Waals surface area (Å²) in [5.74, 6) is 0.0111. The third kappa shape index (κ3) is 4.78. The predicted octanol–water partition coefficient (Wildman–Crippen LogP) is 3.51. The highest BCUT2D eigenvalue weighted by molar-refractivity contribution is 5.84. The second-order valence-corrected chi connectivity index (χ2v) is 5.70. The number of carbonyl (C=O) groups is 1. The van der Waals surface area contributed by atoms with Crippen molar-refractivity contribution in [3.8, 4) is 11.5 Å². The summed E-state index contributed by atoms with van der Waals surface area (Å²) < 4.78 is 50.1. The normalized spacial score (nSPS) is 12.7. The Morgan fingerprint density at radius 3 is 2.65 bits per heavy atom. The number of benzene rings is 1. The van der Waals surface area contributed by atoms with Crippen molar-refractivity contribution in [2.75, 3.05) is 13.7 Å². The van der Waals surface area contributed by atoms with Crippen LogP contribution in [0.15, 0.2) is 36.7 Å². The summed E-state index contributed by atoms with van der Waals surface area (Å²) in [7, 11) is 1.19. The topological polar surface area (TPSA) is 66.5 Å². The fourth-order valence-corrected chi connectivity index (χ4v) is 2.53. The highest BCUT2D eigenvalue weighted by Gasteiger charge is 2.34. The Morgan fingerprint density at radius 2 is 2.04 bits per heavy atom. The van der Waals surface area contributed by atoms with Gasteiger partial charge in [0.1, 0.15) is 11.5 Å². The first-order valence-corrected chi connectivity index (χ1v) is 8.11. The van der Waals surface area contributed by atoms with Gasteiger partial charge in [0.25, 0.3) is 0 Å². The molecule has 1 aromatic heterocycles. The number of nitrogens with two attached hydrogens (primary N) is 1. The lowest BCUT2D eigenvalue weighted by atomic mass is 10.0. The van der Waals surface area contributed by atoms with Gasteiger partial charge < -0.3 is 15.2 Å². The maximum absolute atomic E-state index is 12.9. The lowest BCUT2D eigenvalue weighted by Gasteiger charge is -2.14. The molecule has 1 atom stereocenters. The minimum atomic E-state index is -4.48. The molecule has 26 heavy (non-hydrogen) atoms. The first-order valence-electron chi connectivity index (χ1n) is 8.11. The molecule has 8 heteroatoms. The molecule has 2 N–H and O–H groups in total. The molecule has 0 spiro atoms. The Hall–Kier alpha value is -2.48. The van der Waals surface area contributed by atoms with Crippen molar-refractivity contribution >= 4 is 5.91 Å². The first-order chi connectivity index (χ1) is 12.3. The number of ether oxygens (including phenoxy) is 2. The van der Waals surface area contributed by atoms with Crippen molar-refractivity contribution in [1.29, 1.82) is 0 Å². The number of nitrogens with zero attached hydrogens (tertiary/aromatic N) is 1. The van der Waals surface area contributed by atoms with E-state index >= 15 is 0 Å². The fourth-order valence-electron chi connectivity index (χ4n) is 2.53. The Kier molecular flexibility index (Phi) is 6.31. The highest BCUT2D eigenvalue weighted by Crippen LogP contribution is 2.36. The van der Waals surface area contributed by atoms with Crippen LogP contribution >= 0.6 is 0 Å². The van der Waals surface area contributed by atoms with Gasteiger partial charge in [-0.2, -0.15) is 13.2 Å². The van der Waals surface area contributed by atoms with Crippen molar-refractivity contribution < 1.29 is 27.4 Å². The van der Waals surface area contributed by atoms with E-state index in [9.17, 15) is 18.0 Å². The molecule has 0 aliphatic rings. The SMILES string of the molecule is CCOc1ccn(C(=O)[C@@H](N)CCc2ccc(C(F)(F)F)c(OC)c2)c1. The van der Waals surface area contributed by atoms with Gasteiger partial charge in [-0.3, -0.25) is 9.36 Å². The molecular weight excluding hydrogens is 349 g/mol. The summed E-state index contributed by atoms with van der Waals surface area (Å²) in [6.45, 7) is 2.32. The highest BCUT2D eigenvalue weighted by atomic mass is 19.4. The molecule has 0 unspecified atom stereocenters. The molecule has 142 valence electrons. The Labute approximate surface area is 149 Å². The van der Waals surface area contributed by atoms with Crippen LogP contribution in [-0.4, -0.2) is 30.2 Å². The van der Waals surface area contributed by atoms with E-state index in [0.717, 1.165) is 6.07 Å². The van der Waals surface area contributed by atoms with Gasteiger partial charge in [0.15, 0.2) is 0 Å². The second-order valence-electron chi connectivity index (χ2n) is 5.70. The third-order valence-electron chi connectivity index (χ3n) is 3.86. The monoisotopic (exact) mass is 370 g/mol. The van der Waals surface area contributed by atoms with Crippen LogP contribution in [0, 0.1) is 0 Å². The van der Waals surface area contributed by atoms with Crippen LogP contribution in [0.4, 0.5) is 13.2 Å². The molecule has 0 aliphatic heterocycles. The average molecular weight is 370 g/mol. The van der Waals surface area contributed by atoms with Crippen LogP contribution in [0.25, 0.3) is 0 Å². The zero-order valence-electron chi connectivity index (χ0n) is 14.5. The van der Waals surface area contributed by atoms with Gasteiger partial charge in [0.05, 0.1) is 31.5 Å². The van der Waals surface area contributed by atoms with Gasteiger partial charge in [-0.05, 0) is 43.5 Å². The number of alkyl halides is 3. The van der Waals surface area contributed by atoms with Crippen LogP contribution in [-0.2, 0) is 12.6 Å². The number of hydrogen-bond donors (Lipinski definition) is 1. The summed E-state index contributed by atoms with van der Waals surface area (Å²) in [6.07, 6.45) is -0.736. The molecule has 0 bridgehead atoms. The number of halogens is 3. The number of rotatable bonds is 7. The molecule has 0 amide bonds. The Balaban J connectivity index is 2.02. The lowest BCUT2D eigenvalue weighted by molar-refractivity contribution is -0.138. The van der Waals surface area contributed by atoms with Gasteiger partial charge >= 0.3 is 6.18 Å². The Morgan fingerprint density at radius 1 is 1.31 bits per heavy atom. The van der Waals surface area contributed by atoms with Gasteiger partial charge in [-0.1, -0.05) is 6.07 Å². The molecule has 0 aliphatic carbocycles. The van der Waals surface area contributed by atoms with E-state index in [2.05, 4.69) is 0 Å². The molecule has 2 rings (SSSR count). The summed E-state index contributed by atoms with van der Waals surface area (Å²) in [4.78, 5) is 12.3. The molecule has 2 aromatic rings. The first kappa shape index (κ1) is 19.8. The van der Waals surface area contributed by atoms with Gasteiger partial charge in [0.2, 0.25) is 5.91 Å². The third-order valence-corrected chi connectivity index (χ3v) is 3.86. The van der Waals surface area contributed by atoms with E-state index < -0.39 is 17.8 Å². The lowest BCUT2D eigenvalue weighted by Crippen LogP contribution is -2.34. The minimum Gasteiger partial charge on any atom is -0.496 e. The van der Waals surface area contributed by atoms with Crippen molar-refractivity contribution in [1.82, 2.24) is 4.57 Å². The van der Waals surface area contributed by atoms with Crippen LogP contribution < -0.4 is 15.2 Å². The van der Waals surface area contributed by atoms with Gasteiger partial charge in [0, 0.05) is 6.20 Å². The van der Waals surface area contributed by atoms with Crippen LogP contribution in [0.5, 0.6) is 11.5 Å². The van der Waals surface area contributed by atoms with Crippen molar-refractivity contribution in [3.63, 3.8) is 0 Å². The molecule has 1 aromatic carbocycles. The van der Waals surface area contributed by atoms with E-state index in [0.29, 0.717) is 24.3 Å². The van der Waals surface area contributed by atoms with Crippen LogP contribution in [0.3, 0.4) is 0 Å².